The van der Waals surface area contributed by atoms with Crippen LogP contribution in [0, 0.1) is 17.3 Å². The number of hydrogen-bond donors (Lipinski definition) is 1. The van der Waals surface area contributed by atoms with Crippen LogP contribution in [0.3, 0.4) is 0 Å². The van der Waals surface area contributed by atoms with Gasteiger partial charge >= 0.3 is 0 Å². The Balaban J connectivity index is 2.01. The van der Waals surface area contributed by atoms with E-state index in [0.29, 0.717) is 18.3 Å². The van der Waals surface area contributed by atoms with Crippen LogP contribution in [0.15, 0.2) is 24.3 Å². The fraction of sp³-hybridized carbons (Fsp3) is 0.550. The van der Waals surface area contributed by atoms with E-state index in [1.54, 1.807) is 12.1 Å². The van der Waals surface area contributed by atoms with Gasteiger partial charge in [0, 0.05) is 17.4 Å². The lowest BCUT2D eigenvalue weighted by Gasteiger charge is -2.54. The third-order valence-electron chi connectivity index (χ3n) is 6.45. The van der Waals surface area contributed by atoms with Crippen LogP contribution < -0.4 is 4.74 Å². The van der Waals surface area contributed by atoms with Gasteiger partial charge in [0.15, 0.2) is 5.78 Å². The summed E-state index contributed by atoms with van der Waals surface area (Å²) in [6.45, 7) is 6.77. The van der Waals surface area contributed by atoms with Crippen molar-refractivity contribution in [3.8, 4) is 11.5 Å². The molecule has 1 spiro atoms. The summed E-state index contributed by atoms with van der Waals surface area (Å²) in [6, 6.07) is 5.26. The molecule has 1 heterocycles. The first-order valence-electron chi connectivity index (χ1n) is 8.65. The van der Waals surface area contributed by atoms with Crippen LogP contribution in [0.25, 0.3) is 5.57 Å². The number of hydrogen-bond acceptors (Lipinski definition) is 3. The fourth-order valence-corrected chi connectivity index (χ4v) is 5.47. The molecule has 1 aromatic carbocycles. The van der Waals surface area contributed by atoms with Gasteiger partial charge in [0.2, 0.25) is 0 Å². The molecular formula is C20H24O3. The number of carbonyl (C=O) groups excluding carboxylic acids is 1. The first kappa shape index (κ1) is 14.8. The Bertz CT molecular complexity index is 718. The van der Waals surface area contributed by atoms with Crippen molar-refractivity contribution in [2.75, 3.05) is 0 Å². The highest BCUT2D eigenvalue weighted by Crippen LogP contribution is 2.67. The van der Waals surface area contributed by atoms with Gasteiger partial charge in [0.05, 0.1) is 0 Å². The molecule has 4 rings (SSSR count). The van der Waals surface area contributed by atoms with Gasteiger partial charge in [-0.3, -0.25) is 4.79 Å². The first-order chi connectivity index (χ1) is 10.9. The lowest BCUT2D eigenvalue weighted by Crippen LogP contribution is -2.54. The Labute approximate surface area is 137 Å². The largest absolute Gasteiger partial charge is 0.508 e. The third kappa shape index (κ3) is 1.79. The first-order valence-corrected chi connectivity index (χ1v) is 8.65. The molecule has 0 saturated heterocycles. The van der Waals surface area contributed by atoms with Gasteiger partial charge in [0.1, 0.15) is 17.1 Å². The van der Waals surface area contributed by atoms with Crippen LogP contribution in [0.5, 0.6) is 11.5 Å². The highest BCUT2D eigenvalue weighted by atomic mass is 16.5. The lowest BCUT2D eigenvalue weighted by molar-refractivity contribution is -0.117. The average Bonchev–Trinajstić information content (AvgIpc) is 2.78. The molecule has 23 heavy (non-hydrogen) atoms. The van der Waals surface area contributed by atoms with Crippen molar-refractivity contribution in [2.24, 2.45) is 17.3 Å². The van der Waals surface area contributed by atoms with Gasteiger partial charge in [-0.1, -0.05) is 13.8 Å². The molecule has 1 N–H and O–H groups in total. The van der Waals surface area contributed by atoms with Gasteiger partial charge < -0.3 is 9.84 Å². The second kappa shape index (κ2) is 4.62. The van der Waals surface area contributed by atoms with Gasteiger partial charge in [-0.15, -0.1) is 0 Å². The van der Waals surface area contributed by atoms with Crippen LogP contribution in [-0.2, 0) is 4.79 Å². The van der Waals surface area contributed by atoms with E-state index in [1.807, 2.05) is 12.1 Å². The number of phenols is 1. The summed E-state index contributed by atoms with van der Waals surface area (Å²) in [5.41, 5.74) is 1.63. The van der Waals surface area contributed by atoms with E-state index >= 15 is 0 Å². The fourth-order valence-electron chi connectivity index (χ4n) is 5.47. The molecule has 0 bridgehead atoms. The van der Waals surface area contributed by atoms with E-state index in [-0.39, 0.29) is 22.5 Å². The van der Waals surface area contributed by atoms with Crippen molar-refractivity contribution in [2.45, 2.75) is 52.1 Å². The van der Waals surface area contributed by atoms with E-state index < -0.39 is 0 Å². The van der Waals surface area contributed by atoms with Crippen LogP contribution in [0.1, 0.15) is 52.0 Å². The summed E-state index contributed by atoms with van der Waals surface area (Å²) in [6.07, 6.45) is 5.43. The van der Waals surface area contributed by atoms with Crippen LogP contribution in [0.2, 0.25) is 0 Å². The Morgan fingerprint density at radius 1 is 1.30 bits per heavy atom. The quantitative estimate of drug-likeness (QED) is 0.839. The number of ether oxygens (including phenoxy) is 1. The number of fused-ring (bicyclic) bond motifs is 2. The zero-order valence-corrected chi connectivity index (χ0v) is 14.1. The number of benzene rings is 1. The molecule has 0 radical (unpaired) electrons. The molecule has 1 aliphatic heterocycles. The van der Waals surface area contributed by atoms with Crippen molar-refractivity contribution in [1.29, 1.82) is 0 Å². The SMILES string of the molecule is CC(C)[C@H]1CC[C@]2(C)Oc3ccc(O)cc3C3=CC(=O)CC[C@@]312. The summed E-state index contributed by atoms with van der Waals surface area (Å²) >= 11 is 0. The molecule has 1 aromatic rings. The normalized spacial score (nSPS) is 35.2. The molecule has 3 aliphatic rings. The molecular weight excluding hydrogens is 288 g/mol. The van der Waals surface area contributed by atoms with E-state index in [1.165, 1.54) is 0 Å². The van der Waals surface area contributed by atoms with Gasteiger partial charge in [-0.2, -0.15) is 0 Å². The summed E-state index contributed by atoms with van der Waals surface area (Å²) < 4.78 is 6.51. The monoisotopic (exact) mass is 312 g/mol. The Hall–Kier alpha value is -1.77. The predicted octanol–water partition coefficient (Wildman–Crippen LogP) is 4.34. The second-order valence-corrected chi connectivity index (χ2v) is 7.90. The third-order valence-corrected chi connectivity index (χ3v) is 6.45. The number of phenolic OH excluding ortho intramolecular Hbond substituents is 1. The minimum absolute atomic E-state index is 0.115. The predicted molar refractivity (Wildman–Crippen MR) is 89.4 cm³/mol. The topological polar surface area (TPSA) is 46.5 Å². The molecule has 122 valence electrons. The number of allylic oxidation sites excluding steroid dienone is 1. The summed E-state index contributed by atoms with van der Waals surface area (Å²) in [5.74, 6) is 2.26. The van der Waals surface area contributed by atoms with Crippen molar-refractivity contribution < 1.29 is 14.6 Å². The number of carbonyl (C=O) groups is 1. The lowest BCUT2D eigenvalue weighted by atomic mass is 9.55. The molecule has 0 unspecified atom stereocenters. The maximum absolute atomic E-state index is 12.2. The molecule has 3 nitrogen and oxygen atoms in total. The van der Waals surface area contributed by atoms with Crippen LogP contribution in [-0.4, -0.2) is 16.5 Å². The van der Waals surface area contributed by atoms with Gasteiger partial charge in [-0.25, -0.2) is 0 Å². The number of aromatic hydroxyl groups is 1. The molecule has 1 fully saturated rings. The minimum atomic E-state index is -0.265. The number of rotatable bonds is 1. The smallest absolute Gasteiger partial charge is 0.156 e. The highest BCUT2D eigenvalue weighted by Gasteiger charge is 2.64. The number of ketones is 1. The summed E-state index contributed by atoms with van der Waals surface area (Å²) in [7, 11) is 0. The summed E-state index contributed by atoms with van der Waals surface area (Å²) in [4.78, 5) is 12.2. The van der Waals surface area contributed by atoms with E-state index in [0.717, 1.165) is 36.1 Å². The Morgan fingerprint density at radius 3 is 2.83 bits per heavy atom. The molecule has 2 aliphatic carbocycles. The van der Waals surface area contributed by atoms with Crippen LogP contribution in [0.4, 0.5) is 0 Å². The Morgan fingerprint density at radius 2 is 2.09 bits per heavy atom. The van der Waals surface area contributed by atoms with Gasteiger partial charge in [0.25, 0.3) is 0 Å². The summed E-state index contributed by atoms with van der Waals surface area (Å²) in [5, 5.41) is 9.95. The molecule has 3 heteroatoms. The van der Waals surface area contributed by atoms with E-state index in [9.17, 15) is 9.90 Å². The Kier molecular flexibility index (Phi) is 2.97. The minimum Gasteiger partial charge on any atom is -0.508 e. The molecule has 3 atom stereocenters. The average molecular weight is 312 g/mol. The van der Waals surface area contributed by atoms with E-state index in [2.05, 4.69) is 20.8 Å². The molecule has 0 amide bonds. The maximum atomic E-state index is 12.2. The molecule has 1 saturated carbocycles. The zero-order valence-electron chi connectivity index (χ0n) is 14.1. The maximum Gasteiger partial charge on any atom is 0.156 e. The van der Waals surface area contributed by atoms with Crippen molar-refractivity contribution in [3.63, 3.8) is 0 Å². The standard InChI is InChI=1S/C20H24O3/c1-12(2)16-7-8-19(3)20(16)9-6-14(22)11-17(20)15-10-13(21)4-5-18(15)23-19/h4-5,10-12,16,21H,6-9H2,1-3H3/t16-,19+,20+/m1/s1. The molecule has 0 aromatic heterocycles. The highest BCUT2D eigenvalue weighted by molar-refractivity contribution is 6.01. The van der Waals surface area contributed by atoms with Crippen LogP contribution >= 0.6 is 0 Å². The van der Waals surface area contributed by atoms with E-state index in [4.69, 9.17) is 4.74 Å². The van der Waals surface area contributed by atoms with Gasteiger partial charge in [-0.05, 0) is 67.9 Å². The second-order valence-electron chi connectivity index (χ2n) is 7.90. The van der Waals surface area contributed by atoms with Crippen molar-refractivity contribution in [1.82, 2.24) is 0 Å². The van der Waals surface area contributed by atoms with Crippen molar-refractivity contribution >= 4 is 11.4 Å². The zero-order chi connectivity index (χ0) is 16.4. The van der Waals surface area contributed by atoms with Crippen molar-refractivity contribution in [3.05, 3.63) is 29.8 Å².